The highest BCUT2D eigenvalue weighted by Gasteiger charge is 2.35. The highest BCUT2D eigenvalue weighted by Crippen LogP contribution is 2.38. The van der Waals surface area contributed by atoms with Gasteiger partial charge < -0.3 is 14.6 Å². The number of alkyl halides is 4. The van der Waals surface area contributed by atoms with Crippen LogP contribution in [0, 0.1) is 0 Å². The van der Waals surface area contributed by atoms with Gasteiger partial charge in [0.25, 0.3) is 5.89 Å². The van der Waals surface area contributed by atoms with Crippen LogP contribution in [0.15, 0.2) is 62.4 Å². The number of aromatic nitrogens is 2. The highest BCUT2D eigenvalue weighted by atomic mass is 19.4. The van der Waals surface area contributed by atoms with Crippen molar-refractivity contribution in [3.8, 4) is 28.6 Å². The van der Waals surface area contributed by atoms with E-state index in [1.807, 2.05) is 12.1 Å². The second-order valence-electron chi connectivity index (χ2n) is 7.02. The van der Waals surface area contributed by atoms with Crippen LogP contribution in [0.25, 0.3) is 22.8 Å². The molecule has 0 radical (unpaired) electrons. The van der Waals surface area contributed by atoms with E-state index in [0.717, 1.165) is 23.4 Å². The van der Waals surface area contributed by atoms with Gasteiger partial charge in [0, 0.05) is 24.2 Å². The zero-order valence-electron chi connectivity index (χ0n) is 17.1. The number of halogens is 4. The van der Waals surface area contributed by atoms with Crippen molar-refractivity contribution in [1.29, 1.82) is 0 Å². The molecule has 1 aromatic heterocycles. The summed E-state index contributed by atoms with van der Waals surface area (Å²) in [5.74, 6) is -0.303. The Labute approximate surface area is 185 Å². The molecule has 33 heavy (non-hydrogen) atoms. The molecule has 0 aliphatic carbocycles. The second-order valence-corrected chi connectivity index (χ2v) is 7.02. The smallest absolute Gasteiger partial charge is 0.419 e. The lowest BCUT2D eigenvalue weighted by Gasteiger charge is -2.13. The molecule has 0 bridgehead atoms. The molecule has 8 nitrogen and oxygen atoms in total. The number of nitrogens with one attached hydrogen (secondary N) is 1. The Bertz CT molecular complexity index is 1160. The summed E-state index contributed by atoms with van der Waals surface area (Å²) < 4.78 is 62.5. The van der Waals surface area contributed by atoms with Crippen LogP contribution in [0.3, 0.4) is 0 Å². The Morgan fingerprint density at radius 2 is 1.82 bits per heavy atom. The molecule has 0 fully saturated rings. The molecular formula is C21H18F4N6O2. The van der Waals surface area contributed by atoms with E-state index in [-0.39, 0.29) is 17.3 Å². The normalized spacial score (nSPS) is 13.4. The number of ether oxygens (including phenoxy) is 1. The molecular weight excluding hydrogens is 444 g/mol. The van der Waals surface area contributed by atoms with Gasteiger partial charge >= 0.3 is 6.18 Å². The summed E-state index contributed by atoms with van der Waals surface area (Å²) in [6, 6.07) is 10.6. The molecule has 1 aliphatic rings. The average Bonchev–Trinajstić information content (AvgIpc) is 3.50. The zero-order valence-corrected chi connectivity index (χ0v) is 17.1. The van der Waals surface area contributed by atoms with Gasteiger partial charge in [0.2, 0.25) is 5.82 Å². The van der Waals surface area contributed by atoms with E-state index >= 15 is 0 Å². The van der Waals surface area contributed by atoms with Crippen LogP contribution < -0.4 is 10.1 Å². The number of hydrogen-bond donors (Lipinski definition) is 1. The summed E-state index contributed by atoms with van der Waals surface area (Å²) in [6.45, 7) is 0.319. The third kappa shape index (κ3) is 5.58. The van der Waals surface area contributed by atoms with Crippen LogP contribution in [-0.2, 0) is 12.7 Å². The van der Waals surface area contributed by atoms with Crippen molar-refractivity contribution < 1.29 is 26.8 Å². The van der Waals surface area contributed by atoms with Crippen molar-refractivity contribution >= 4 is 5.71 Å². The van der Waals surface area contributed by atoms with Crippen LogP contribution in [0.4, 0.5) is 17.6 Å². The summed E-state index contributed by atoms with van der Waals surface area (Å²) >= 11 is 0. The van der Waals surface area contributed by atoms with Crippen molar-refractivity contribution in [2.75, 3.05) is 26.4 Å². The van der Waals surface area contributed by atoms with Crippen LogP contribution in [0.2, 0.25) is 0 Å². The van der Waals surface area contributed by atoms with Crippen molar-refractivity contribution in [1.82, 2.24) is 15.5 Å². The third-order valence-electron chi connectivity index (χ3n) is 4.67. The molecule has 2 heterocycles. The predicted molar refractivity (Wildman–Crippen MR) is 111 cm³/mol. The summed E-state index contributed by atoms with van der Waals surface area (Å²) in [7, 11) is 0. The molecule has 2 aromatic carbocycles. The predicted octanol–water partition coefficient (Wildman–Crippen LogP) is 4.68. The minimum absolute atomic E-state index is 0.0720. The number of hydrogen-bond acceptors (Lipinski definition) is 8. The maximum Gasteiger partial charge on any atom is 0.419 e. The van der Waals surface area contributed by atoms with Gasteiger partial charge in [0.1, 0.15) is 25.6 Å². The first kappa shape index (κ1) is 22.5. The second kappa shape index (κ2) is 9.86. The molecule has 1 N–H and O–H groups in total. The lowest BCUT2D eigenvalue weighted by atomic mass is 10.1. The molecule has 0 spiro atoms. The number of rotatable bonds is 9. The standard InChI is InChI=1S/C21H18F4N6O2/c22-7-8-32-18-6-5-15(9-17(18)21(23,24)25)20-28-19(30-33-20)14-3-1-13(2-4-14)10-26-11-16-12-27-31-29-16/h1-6,9,26H,7-8,10-12H2. The zero-order chi connectivity index (χ0) is 23.3. The molecule has 1 aliphatic heterocycles. The van der Waals surface area contributed by atoms with Crippen LogP contribution >= 0.6 is 0 Å². The Morgan fingerprint density at radius 3 is 2.52 bits per heavy atom. The van der Waals surface area contributed by atoms with E-state index < -0.39 is 30.8 Å². The number of benzene rings is 2. The summed E-state index contributed by atoms with van der Waals surface area (Å²) in [6.07, 6.45) is -4.69. The first-order valence-electron chi connectivity index (χ1n) is 9.90. The van der Waals surface area contributed by atoms with E-state index in [2.05, 4.69) is 30.9 Å². The van der Waals surface area contributed by atoms with Gasteiger partial charge in [-0.25, -0.2) is 4.39 Å². The Morgan fingerprint density at radius 1 is 1.03 bits per heavy atom. The van der Waals surface area contributed by atoms with Crippen LogP contribution in [-0.4, -0.2) is 42.2 Å². The molecule has 4 rings (SSSR count). The Kier molecular flexibility index (Phi) is 6.73. The van der Waals surface area contributed by atoms with Gasteiger partial charge in [-0.3, -0.25) is 0 Å². The highest BCUT2D eigenvalue weighted by molar-refractivity contribution is 5.88. The van der Waals surface area contributed by atoms with Crippen molar-refractivity contribution in [2.24, 2.45) is 15.4 Å². The average molecular weight is 462 g/mol. The maximum atomic E-state index is 13.4. The number of nitrogens with zero attached hydrogens (tertiary/aromatic N) is 5. The van der Waals surface area contributed by atoms with Gasteiger partial charge in [-0.05, 0) is 29.0 Å². The first-order chi connectivity index (χ1) is 15.9. The topological polar surface area (TPSA) is 97.3 Å². The summed E-state index contributed by atoms with van der Waals surface area (Å²) in [5, 5.41) is 18.3. The van der Waals surface area contributed by atoms with Gasteiger partial charge in [-0.15, -0.1) is 5.10 Å². The summed E-state index contributed by atoms with van der Waals surface area (Å²) in [4.78, 5) is 4.21. The molecule has 172 valence electrons. The fourth-order valence-corrected chi connectivity index (χ4v) is 3.07. The van der Waals surface area contributed by atoms with Crippen molar-refractivity contribution in [3.63, 3.8) is 0 Å². The Balaban J connectivity index is 1.46. The lowest BCUT2D eigenvalue weighted by molar-refractivity contribution is -0.138. The van der Waals surface area contributed by atoms with Gasteiger partial charge in [0.15, 0.2) is 0 Å². The molecule has 0 saturated heterocycles. The lowest BCUT2D eigenvalue weighted by Crippen LogP contribution is -2.23. The molecule has 3 aromatic rings. The van der Waals surface area contributed by atoms with Crippen molar-refractivity contribution in [3.05, 3.63) is 53.6 Å². The van der Waals surface area contributed by atoms with Gasteiger partial charge in [0.05, 0.1) is 11.3 Å². The summed E-state index contributed by atoms with van der Waals surface area (Å²) in [5.41, 5.74) is 1.54. The van der Waals surface area contributed by atoms with E-state index in [9.17, 15) is 17.6 Å². The van der Waals surface area contributed by atoms with Crippen LogP contribution in [0.1, 0.15) is 11.1 Å². The van der Waals surface area contributed by atoms with Crippen molar-refractivity contribution in [2.45, 2.75) is 12.7 Å². The molecule has 0 atom stereocenters. The Hall–Kier alpha value is -3.67. The fraction of sp³-hybridized carbons (Fsp3) is 0.286. The fourth-order valence-electron chi connectivity index (χ4n) is 3.07. The van der Waals surface area contributed by atoms with E-state index in [4.69, 9.17) is 9.26 Å². The molecule has 12 heteroatoms. The van der Waals surface area contributed by atoms with E-state index in [1.165, 1.54) is 6.07 Å². The SMILES string of the molecule is FCCOc1ccc(-c2nc(-c3ccc(CNCC4=NN=NC4)cc3)no2)cc1C(F)(F)F. The molecule has 0 amide bonds. The van der Waals surface area contributed by atoms with Gasteiger partial charge in [-0.2, -0.15) is 23.3 Å². The minimum Gasteiger partial charge on any atom is -0.490 e. The van der Waals surface area contributed by atoms with E-state index in [1.54, 1.807) is 12.1 Å². The van der Waals surface area contributed by atoms with E-state index in [0.29, 0.717) is 25.2 Å². The monoisotopic (exact) mass is 462 g/mol. The molecule has 0 saturated carbocycles. The third-order valence-corrected chi connectivity index (χ3v) is 4.67. The largest absolute Gasteiger partial charge is 0.490 e. The quantitative estimate of drug-likeness (QED) is 0.466. The maximum absolute atomic E-state index is 13.4. The minimum atomic E-state index is -4.69. The molecule has 0 unspecified atom stereocenters. The van der Waals surface area contributed by atoms with Gasteiger partial charge in [-0.1, -0.05) is 29.4 Å². The van der Waals surface area contributed by atoms with Crippen LogP contribution in [0.5, 0.6) is 5.75 Å². The first-order valence-corrected chi connectivity index (χ1v) is 9.90.